The van der Waals surface area contributed by atoms with E-state index in [2.05, 4.69) is 52.4 Å². The minimum absolute atomic E-state index is 0.0503. The molecule has 0 aromatic heterocycles. The Morgan fingerprint density at radius 2 is 1.57 bits per heavy atom. The van der Waals surface area contributed by atoms with Gasteiger partial charge in [0.05, 0.1) is 6.61 Å². The molecule has 28 heavy (non-hydrogen) atoms. The first-order chi connectivity index (χ1) is 13.6. The number of anilines is 1. The first-order valence-electron chi connectivity index (χ1n) is 10.1. The highest BCUT2D eigenvalue weighted by Gasteiger charge is 2.22. The number of para-hydroxylation sites is 1. The van der Waals surface area contributed by atoms with Gasteiger partial charge in [-0.2, -0.15) is 0 Å². The molecule has 1 saturated heterocycles. The van der Waals surface area contributed by atoms with Crippen molar-refractivity contribution in [3.63, 3.8) is 0 Å². The van der Waals surface area contributed by atoms with Gasteiger partial charge in [-0.05, 0) is 31.5 Å². The Labute approximate surface area is 168 Å². The van der Waals surface area contributed by atoms with Gasteiger partial charge in [0.2, 0.25) is 5.91 Å². The maximum atomic E-state index is 12.3. The minimum Gasteiger partial charge on any atom is -0.369 e. The van der Waals surface area contributed by atoms with Crippen LogP contribution < -0.4 is 10.2 Å². The highest BCUT2D eigenvalue weighted by Crippen LogP contribution is 2.16. The van der Waals surface area contributed by atoms with E-state index in [9.17, 15) is 4.79 Å². The van der Waals surface area contributed by atoms with Crippen LogP contribution in [0.4, 0.5) is 5.69 Å². The number of piperazine rings is 1. The third kappa shape index (κ3) is 5.81. The van der Waals surface area contributed by atoms with Gasteiger partial charge in [0.25, 0.3) is 0 Å². The van der Waals surface area contributed by atoms with E-state index >= 15 is 0 Å². The van der Waals surface area contributed by atoms with Gasteiger partial charge < -0.3 is 15.0 Å². The van der Waals surface area contributed by atoms with E-state index in [4.69, 9.17) is 4.74 Å². The molecule has 2 aromatic rings. The predicted octanol–water partition coefficient (Wildman–Crippen LogP) is 2.92. The highest BCUT2D eigenvalue weighted by molar-refractivity contribution is 5.80. The summed E-state index contributed by atoms with van der Waals surface area (Å²) in [6.07, 6.45) is -0.456. The van der Waals surface area contributed by atoms with Crippen molar-refractivity contribution in [3.8, 4) is 0 Å². The van der Waals surface area contributed by atoms with Crippen LogP contribution in [0, 0.1) is 0 Å². The maximum Gasteiger partial charge on any atom is 0.248 e. The number of carbonyl (C=O) groups excluding carboxylic acids is 1. The third-order valence-corrected chi connectivity index (χ3v) is 5.34. The molecule has 150 valence electrons. The second-order valence-electron chi connectivity index (χ2n) is 7.39. The van der Waals surface area contributed by atoms with Gasteiger partial charge in [0.15, 0.2) is 0 Å². The standard InChI is InChI=1S/C23H31N3O2/c1-19(25-13-15-26(16-14-25)22-11-7-4-8-12-22)17-24-23(27)20(2)28-18-21-9-5-3-6-10-21/h3-12,19-20H,13-18H2,1-2H3,(H,24,27). The van der Waals surface area contributed by atoms with Crippen molar-refractivity contribution in [1.82, 2.24) is 10.2 Å². The van der Waals surface area contributed by atoms with Gasteiger partial charge in [0, 0.05) is 44.5 Å². The molecule has 0 bridgehead atoms. The zero-order valence-electron chi connectivity index (χ0n) is 16.9. The molecule has 0 saturated carbocycles. The van der Waals surface area contributed by atoms with Crippen molar-refractivity contribution in [2.75, 3.05) is 37.6 Å². The van der Waals surface area contributed by atoms with E-state index in [1.54, 1.807) is 0 Å². The predicted molar refractivity (Wildman–Crippen MR) is 113 cm³/mol. The number of rotatable bonds is 8. The zero-order chi connectivity index (χ0) is 19.8. The molecule has 1 amide bonds. The summed E-state index contributed by atoms with van der Waals surface area (Å²) >= 11 is 0. The molecule has 1 heterocycles. The van der Waals surface area contributed by atoms with Gasteiger partial charge in [-0.1, -0.05) is 48.5 Å². The Hall–Kier alpha value is -2.37. The molecular weight excluding hydrogens is 350 g/mol. The first-order valence-corrected chi connectivity index (χ1v) is 10.1. The van der Waals surface area contributed by atoms with Crippen LogP contribution in [0.2, 0.25) is 0 Å². The number of hydrogen-bond donors (Lipinski definition) is 1. The molecule has 5 nitrogen and oxygen atoms in total. The second kappa shape index (κ2) is 10.2. The number of amides is 1. The van der Waals surface area contributed by atoms with E-state index < -0.39 is 6.10 Å². The van der Waals surface area contributed by atoms with Crippen molar-refractivity contribution in [2.24, 2.45) is 0 Å². The van der Waals surface area contributed by atoms with E-state index in [1.807, 2.05) is 37.3 Å². The maximum absolute atomic E-state index is 12.3. The SMILES string of the molecule is CC(OCc1ccccc1)C(=O)NCC(C)N1CCN(c2ccccc2)CC1. The lowest BCUT2D eigenvalue weighted by molar-refractivity contribution is -0.132. The van der Waals surface area contributed by atoms with Crippen LogP contribution in [0.25, 0.3) is 0 Å². The molecular formula is C23H31N3O2. The van der Waals surface area contributed by atoms with Crippen molar-refractivity contribution in [1.29, 1.82) is 0 Å². The summed E-state index contributed by atoms with van der Waals surface area (Å²) in [5.74, 6) is -0.0503. The summed E-state index contributed by atoms with van der Waals surface area (Å²) in [6.45, 7) is 9.11. The van der Waals surface area contributed by atoms with E-state index in [0.29, 0.717) is 19.2 Å². The number of ether oxygens (including phenoxy) is 1. The van der Waals surface area contributed by atoms with Gasteiger partial charge in [-0.15, -0.1) is 0 Å². The van der Waals surface area contributed by atoms with Crippen LogP contribution in [-0.4, -0.2) is 55.7 Å². The van der Waals surface area contributed by atoms with Gasteiger partial charge in [0.1, 0.15) is 6.10 Å². The normalized spacial score (nSPS) is 17.1. The number of nitrogens with zero attached hydrogens (tertiary/aromatic N) is 2. The van der Waals surface area contributed by atoms with Crippen LogP contribution >= 0.6 is 0 Å². The monoisotopic (exact) mass is 381 g/mol. The van der Waals surface area contributed by atoms with Crippen LogP contribution in [0.5, 0.6) is 0 Å². The van der Waals surface area contributed by atoms with Crippen LogP contribution in [0.1, 0.15) is 19.4 Å². The molecule has 1 fully saturated rings. The Balaban J connectivity index is 1.36. The lowest BCUT2D eigenvalue weighted by atomic mass is 10.2. The molecule has 0 aliphatic carbocycles. The van der Waals surface area contributed by atoms with Crippen LogP contribution in [-0.2, 0) is 16.1 Å². The Morgan fingerprint density at radius 1 is 0.964 bits per heavy atom. The topological polar surface area (TPSA) is 44.8 Å². The fraction of sp³-hybridized carbons (Fsp3) is 0.435. The Bertz CT molecular complexity index is 715. The van der Waals surface area contributed by atoms with Crippen molar-refractivity contribution in [2.45, 2.75) is 32.6 Å². The summed E-state index contributed by atoms with van der Waals surface area (Å²) in [5, 5.41) is 3.04. The lowest BCUT2D eigenvalue weighted by Crippen LogP contribution is -2.53. The third-order valence-electron chi connectivity index (χ3n) is 5.34. The number of benzene rings is 2. The molecule has 0 spiro atoms. The molecule has 0 radical (unpaired) electrons. The Morgan fingerprint density at radius 3 is 2.21 bits per heavy atom. The highest BCUT2D eigenvalue weighted by atomic mass is 16.5. The molecule has 2 atom stereocenters. The van der Waals surface area contributed by atoms with Crippen molar-refractivity contribution < 1.29 is 9.53 Å². The zero-order valence-corrected chi connectivity index (χ0v) is 16.9. The first kappa shape index (κ1) is 20.4. The largest absolute Gasteiger partial charge is 0.369 e. The second-order valence-corrected chi connectivity index (χ2v) is 7.39. The molecule has 2 aromatic carbocycles. The summed E-state index contributed by atoms with van der Waals surface area (Å²) in [4.78, 5) is 17.2. The summed E-state index contributed by atoms with van der Waals surface area (Å²) in [5.41, 5.74) is 2.36. The summed E-state index contributed by atoms with van der Waals surface area (Å²) < 4.78 is 5.70. The number of hydrogen-bond acceptors (Lipinski definition) is 4. The van der Waals surface area contributed by atoms with Crippen molar-refractivity contribution in [3.05, 3.63) is 66.2 Å². The van der Waals surface area contributed by atoms with E-state index in [1.165, 1.54) is 5.69 Å². The average Bonchev–Trinajstić information content (AvgIpc) is 2.77. The number of nitrogens with one attached hydrogen (secondary N) is 1. The van der Waals surface area contributed by atoms with Gasteiger partial charge in [-0.25, -0.2) is 0 Å². The average molecular weight is 382 g/mol. The molecule has 1 N–H and O–H groups in total. The molecule has 5 heteroatoms. The molecule has 1 aliphatic heterocycles. The lowest BCUT2D eigenvalue weighted by Gasteiger charge is -2.39. The van der Waals surface area contributed by atoms with E-state index in [0.717, 1.165) is 31.7 Å². The van der Waals surface area contributed by atoms with Crippen LogP contribution in [0.3, 0.4) is 0 Å². The molecule has 2 unspecified atom stereocenters. The smallest absolute Gasteiger partial charge is 0.248 e. The van der Waals surface area contributed by atoms with Gasteiger partial charge >= 0.3 is 0 Å². The number of carbonyl (C=O) groups is 1. The minimum atomic E-state index is -0.456. The summed E-state index contributed by atoms with van der Waals surface area (Å²) in [6, 6.07) is 20.8. The van der Waals surface area contributed by atoms with Gasteiger partial charge in [-0.3, -0.25) is 9.69 Å². The fourth-order valence-electron chi connectivity index (χ4n) is 3.45. The summed E-state index contributed by atoms with van der Waals surface area (Å²) in [7, 11) is 0. The van der Waals surface area contributed by atoms with Crippen LogP contribution in [0.15, 0.2) is 60.7 Å². The molecule has 1 aliphatic rings. The quantitative estimate of drug-likeness (QED) is 0.764. The fourth-order valence-corrected chi connectivity index (χ4v) is 3.45. The van der Waals surface area contributed by atoms with E-state index in [-0.39, 0.29) is 5.91 Å². The molecule has 3 rings (SSSR count). The van der Waals surface area contributed by atoms with Crippen molar-refractivity contribution >= 4 is 11.6 Å². The Kier molecular flexibility index (Phi) is 7.46.